The first-order valence-corrected chi connectivity index (χ1v) is 7.95. The van der Waals surface area contributed by atoms with E-state index in [0.29, 0.717) is 13.0 Å². The number of anilines is 1. The molecule has 122 valence electrons. The van der Waals surface area contributed by atoms with E-state index in [2.05, 4.69) is 10.6 Å². The number of hydrogen-bond donors (Lipinski definition) is 3. The summed E-state index contributed by atoms with van der Waals surface area (Å²) < 4.78 is 0. The minimum atomic E-state index is 0.107. The summed E-state index contributed by atoms with van der Waals surface area (Å²) in [6.45, 7) is 0.576. The van der Waals surface area contributed by atoms with Crippen LogP contribution in [0, 0.1) is 0 Å². The number of rotatable bonds is 5. The predicted molar refractivity (Wildman–Crippen MR) is 95.7 cm³/mol. The highest BCUT2D eigenvalue weighted by atomic mass is 16.3. The Balaban J connectivity index is 1.60. The first-order chi connectivity index (χ1) is 11.7. The van der Waals surface area contributed by atoms with Gasteiger partial charge in [-0.05, 0) is 36.2 Å². The molecule has 0 aliphatic carbocycles. The van der Waals surface area contributed by atoms with Gasteiger partial charge in [-0.15, -0.1) is 0 Å². The Morgan fingerprint density at radius 1 is 1.08 bits per heavy atom. The molecule has 0 amide bonds. The Morgan fingerprint density at radius 3 is 2.58 bits per heavy atom. The highest BCUT2D eigenvalue weighted by molar-refractivity contribution is 5.93. The van der Waals surface area contributed by atoms with Crippen LogP contribution in [0.5, 0.6) is 5.75 Å². The number of phenols is 1. The van der Waals surface area contributed by atoms with Crippen molar-refractivity contribution in [3.8, 4) is 5.75 Å². The van der Waals surface area contributed by atoms with Crippen molar-refractivity contribution in [3.05, 3.63) is 83.7 Å². The molecule has 24 heavy (non-hydrogen) atoms. The summed E-state index contributed by atoms with van der Waals surface area (Å²) >= 11 is 0. The summed E-state index contributed by atoms with van der Waals surface area (Å²) in [4.78, 5) is 11.9. The number of hydrogen-bond acceptors (Lipinski definition) is 4. The summed E-state index contributed by atoms with van der Waals surface area (Å²) in [6.07, 6.45) is 4.80. The summed E-state index contributed by atoms with van der Waals surface area (Å²) in [7, 11) is 0. The van der Waals surface area contributed by atoms with Crippen molar-refractivity contribution in [2.45, 2.75) is 12.8 Å². The number of para-hydroxylation sites is 1. The molecule has 0 bridgehead atoms. The minimum Gasteiger partial charge on any atom is -0.508 e. The third-order valence-corrected chi connectivity index (χ3v) is 3.80. The monoisotopic (exact) mass is 320 g/mol. The third-order valence-electron chi connectivity index (χ3n) is 3.80. The fourth-order valence-electron chi connectivity index (χ4n) is 2.56. The maximum absolute atomic E-state index is 11.9. The van der Waals surface area contributed by atoms with Crippen LogP contribution >= 0.6 is 0 Å². The molecule has 0 unspecified atom stereocenters. The number of allylic oxidation sites excluding steroid dienone is 3. The zero-order valence-electron chi connectivity index (χ0n) is 13.3. The average Bonchev–Trinajstić information content (AvgIpc) is 2.60. The summed E-state index contributed by atoms with van der Waals surface area (Å²) in [5.41, 5.74) is 3.90. The van der Waals surface area contributed by atoms with Crippen molar-refractivity contribution in [2.75, 3.05) is 11.9 Å². The molecular weight excluding hydrogens is 300 g/mol. The second-order valence-corrected chi connectivity index (χ2v) is 5.76. The Bertz CT molecular complexity index is 762. The van der Waals surface area contributed by atoms with Gasteiger partial charge in [0.05, 0.1) is 13.0 Å². The summed E-state index contributed by atoms with van der Waals surface area (Å²) in [5, 5.41) is 15.9. The van der Waals surface area contributed by atoms with Crippen LogP contribution in [0.25, 0.3) is 0 Å². The van der Waals surface area contributed by atoms with Gasteiger partial charge in [0.25, 0.3) is 0 Å². The number of benzene rings is 2. The molecule has 3 rings (SSSR count). The zero-order chi connectivity index (χ0) is 16.8. The normalized spacial score (nSPS) is 15.8. The van der Waals surface area contributed by atoms with Gasteiger partial charge in [-0.1, -0.05) is 36.4 Å². The molecule has 0 aromatic heterocycles. The van der Waals surface area contributed by atoms with Crippen molar-refractivity contribution in [1.82, 2.24) is 5.32 Å². The fourth-order valence-corrected chi connectivity index (χ4v) is 2.56. The van der Waals surface area contributed by atoms with Gasteiger partial charge in [0.15, 0.2) is 5.78 Å². The molecule has 0 atom stereocenters. The number of aromatic hydroxyl groups is 1. The molecular formula is C20H20N2O2. The maximum atomic E-state index is 11.9. The van der Waals surface area contributed by atoms with Crippen LogP contribution in [-0.2, 0) is 11.2 Å². The molecule has 1 aliphatic rings. The maximum Gasteiger partial charge on any atom is 0.163 e. The van der Waals surface area contributed by atoms with Gasteiger partial charge in [0.1, 0.15) is 5.75 Å². The van der Waals surface area contributed by atoms with E-state index < -0.39 is 0 Å². The highest BCUT2D eigenvalue weighted by Gasteiger charge is 2.13. The van der Waals surface area contributed by atoms with Crippen LogP contribution in [0.2, 0.25) is 0 Å². The van der Waals surface area contributed by atoms with E-state index in [4.69, 9.17) is 0 Å². The van der Waals surface area contributed by atoms with Crippen molar-refractivity contribution in [2.24, 2.45) is 0 Å². The van der Waals surface area contributed by atoms with Gasteiger partial charge in [-0.25, -0.2) is 0 Å². The van der Waals surface area contributed by atoms with Crippen molar-refractivity contribution in [1.29, 1.82) is 0 Å². The molecule has 4 nitrogen and oxygen atoms in total. The smallest absolute Gasteiger partial charge is 0.163 e. The lowest BCUT2D eigenvalue weighted by Crippen LogP contribution is -2.26. The molecule has 1 heterocycles. The van der Waals surface area contributed by atoms with Crippen molar-refractivity contribution < 1.29 is 9.90 Å². The second-order valence-electron chi connectivity index (χ2n) is 5.76. The number of carbonyl (C=O) groups is 1. The van der Waals surface area contributed by atoms with E-state index >= 15 is 0 Å². The lowest BCUT2D eigenvalue weighted by atomic mass is 10.1. The van der Waals surface area contributed by atoms with Crippen LogP contribution in [0.4, 0.5) is 5.69 Å². The number of nitrogens with one attached hydrogen (secondary N) is 2. The third kappa shape index (κ3) is 4.49. The lowest BCUT2D eigenvalue weighted by Gasteiger charge is -2.19. The Morgan fingerprint density at radius 2 is 1.83 bits per heavy atom. The Kier molecular flexibility index (Phi) is 4.96. The first kappa shape index (κ1) is 15.9. The SMILES string of the molecule is O=C1C=C(CNc2ccccc2)N/C(=C/Cc2ccc(O)cc2)C1. The Hall–Kier alpha value is -3.01. The predicted octanol–water partition coefficient (Wildman–Crippen LogP) is 3.38. The van der Waals surface area contributed by atoms with E-state index in [1.807, 2.05) is 48.5 Å². The van der Waals surface area contributed by atoms with Crippen molar-refractivity contribution in [3.63, 3.8) is 0 Å². The van der Waals surface area contributed by atoms with Gasteiger partial charge in [-0.3, -0.25) is 4.79 Å². The lowest BCUT2D eigenvalue weighted by molar-refractivity contribution is -0.114. The van der Waals surface area contributed by atoms with E-state index in [9.17, 15) is 9.90 Å². The van der Waals surface area contributed by atoms with E-state index in [-0.39, 0.29) is 11.5 Å². The molecule has 0 radical (unpaired) electrons. The second kappa shape index (κ2) is 7.51. The first-order valence-electron chi connectivity index (χ1n) is 7.95. The van der Waals surface area contributed by atoms with Gasteiger partial charge in [0.2, 0.25) is 0 Å². The van der Waals surface area contributed by atoms with Gasteiger partial charge < -0.3 is 15.7 Å². The van der Waals surface area contributed by atoms with Crippen LogP contribution in [-0.4, -0.2) is 17.4 Å². The molecule has 0 saturated carbocycles. The van der Waals surface area contributed by atoms with Crippen LogP contribution in [0.15, 0.2) is 78.1 Å². The molecule has 0 spiro atoms. The number of phenolic OH excluding ortho intramolecular Hbond substituents is 1. The molecule has 3 N–H and O–H groups in total. The van der Waals surface area contributed by atoms with Crippen LogP contribution in [0.1, 0.15) is 12.0 Å². The van der Waals surface area contributed by atoms with E-state index in [1.54, 1.807) is 18.2 Å². The highest BCUT2D eigenvalue weighted by Crippen LogP contribution is 2.15. The summed E-state index contributed by atoms with van der Waals surface area (Å²) in [6, 6.07) is 17.0. The standard InChI is InChI=1S/C20H20N2O2/c23-19-10-7-15(8-11-19)6-9-17-12-20(24)13-18(22-17)14-21-16-4-2-1-3-5-16/h1-5,7-11,13,21-23H,6,12,14H2/b17-9+. The van der Waals surface area contributed by atoms with Gasteiger partial charge >= 0.3 is 0 Å². The van der Waals surface area contributed by atoms with Crippen LogP contribution < -0.4 is 10.6 Å². The number of ketones is 1. The average molecular weight is 320 g/mol. The van der Waals surface area contributed by atoms with Crippen LogP contribution in [0.3, 0.4) is 0 Å². The Labute approximate surface area is 141 Å². The quantitative estimate of drug-likeness (QED) is 0.790. The summed E-state index contributed by atoms with van der Waals surface area (Å²) in [5.74, 6) is 0.366. The minimum absolute atomic E-state index is 0.107. The van der Waals surface area contributed by atoms with Gasteiger partial charge in [0, 0.05) is 23.2 Å². The molecule has 2 aromatic rings. The molecule has 2 aromatic carbocycles. The zero-order valence-corrected chi connectivity index (χ0v) is 13.3. The molecule has 0 saturated heterocycles. The molecule has 4 heteroatoms. The van der Waals surface area contributed by atoms with E-state index in [1.165, 1.54) is 0 Å². The molecule has 1 aliphatic heterocycles. The van der Waals surface area contributed by atoms with E-state index in [0.717, 1.165) is 29.1 Å². The largest absolute Gasteiger partial charge is 0.508 e. The number of carbonyl (C=O) groups excluding carboxylic acids is 1. The van der Waals surface area contributed by atoms with Gasteiger partial charge in [-0.2, -0.15) is 0 Å². The van der Waals surface area contributed by atoms with Crippen molar-refractivity contribution >= 4 is 11.5 Å². The fraction of sp³-hybridized carbons (Fsp3) is 0.150. The molecule has 0 fully saturated rings. The topological polar surface area (TPSA) is 61.4 Å².